The van der Waals surface area contributed by atoms with Crippen molar-refractivity contribution in [3.05, 3.63) is 12.5 Å². The van der Waals surface area contributed by atoms with Crippen molar-refractivity contribution in [2.75, 3.05) is 32.8 Å². The molecular weight excluding hydrogens is 304 g/mol. The van der Waals surface area contributed by atoms with Crippen molar-refractivity contribution in [1.29, 1.82) is 0 Å². The Bertz CT molecular complexity index is 626. The molecule has 0 radical (unpaired) electrons. The van der Waals surface area contributed by atoms with E-state index < -0.39 is 10.0 Å². The van der Waals surface area contributed by atoms with Gasteiger partial charge in [0.25, 0.3) is 10.0 Å². The van der Waals surface area contributed by atoms with Gasteiger partial charge in [0.1, 0.15) is 0 Å². The number of fused-ring (bicyclic) bond motifs is 1. The van der Waals surface area contributed by atoms with Crippen LogP contribution in [-0.4, -0.2) is 72.1 Å². The predicted octanol–water partition coefficient (Wildman–Crippen LogP) is 0.150. The van der Waals surface area contributed by atoms with Gasteiger partial charge in [-0.1, -0.05) is 13.8 Å². The fourth-order valence-corrected chi connectivity index (χ4v) is 5.32. The van der Waals surface area contributed by atoms with E-state index in [9.17, 15) is 8.42 Å². The first-order valence-corrected chi connectivity index (χ1v) is 9.24. The number of imidazole rings is 1. The number of aryl methyl sites for hydroxylation is 1. The molecule has 0 aliphatic carbocycles. The summed E-state index contributed by atoms with van der Waals surface area (Å²) < 4.78 is 34.7. The van der Waals surface area contributed by atoms with Gasteiger partial charge in [0.05, 0.1) is 25.6 Å². The standard InChI is InChI=1S/C14H24N4O3S/c1-4-17(5-2)12-6-18(13-9-21-8-11(12)13)22(19,20)14-7-16(3)10-15-14/h7,10-13H,4-6,8-9H2,1-3H3/t11-,12+,13-/m0/s1. The lowest BCUT2D eigenvalue weighted by atomic mass is 9.98. The van der Waals surface area contributed by atoms with Crippen molar-refractivity contribution in [3.63, 3.8) is 0 Å². The van der Waals surface area contributed by atoms with E-state index in [-0.39, 0.29) is 23.0 Å². The Labute approximate surface area is 131 Å². The molecule has 124 valence electrons. The van der Waals surface area contributed by atoms with E-state index >= 15 is 0 Å². The molecule has 0 unspecified atom stereocenters. The van der Waals surface area contributed by atoms with Crippen LogP contribution in [0, 0.1) is 5.92 Å². The van der Waals surface area contributed by atoms with Crippen LogP contribution in [-0.2, 0) is 21.8 Å². The summed E-state index contributed by atoms with van der Waals surface area (Å²) in [5.41, 5.74) is 0. The third kappa shape index (κ3) is 2.47. The van der Waals surface area contributed by atoms with Crippen LogP contribution in [0.4, 0.5) is 0 Å². The highest BCUT2D eigenvalue weighted by atomic mass is 32.2. The molecule has 2 aliphatic rings. The maximum atomic E-state index is 12.9. The van der Waals surface area contributed by atoms with Gasteiger partial charge < -0.3 is 9.30 Å². The molecular formula is C14H24N4O3S. The second-order valence-electron chi connectivity index (χ2n) is 6.01. The van der Waals surface area contributed by atoms with Crippen LogP contribution < -0.4 is 0 Å². The minimum atomic E-state index is -3.56. The zero-order valence-electron chi connectivity index (χ0n) is 13.3. The fourth-order valence-electron chi connectivity index (χ4n) is 3.68. The quantitative estimate of drug-likeness (QED) is 0.770. The summed E-state index contributed by atoms with van der Waals surface area (Å²) in [4.78, 5) is 6.37. The lowest BCUT2D eigenvalue weighted by Crippen LogP contribution is -2.42. The second kappa shape index (κ2) is 5.92. The first kappa shape index (κ1) is 15.9. The molecule has 3 rings (SSSR count). The van der Waals surface area contributed by atoms with Crippen LogP contribution >= 0.6 is 0 Å². The van der Waals surface area contributed by atoms with Crippen LogP contribution in [0.25, 0.3) is 0 Å². The summed E-state index contributed by atoms with van der Waals surface area (Å²) in [5.74, 6) is 0.249. The van der Waals surface area contributed by atoms with Crippen LogP contribution in [0.1, 0.15) is 13.8 Å². The molecule has 3 atom stereocenters. The third-order valence-electron chi connectivity index (χ3n) is 4.86. The molecule has 0 aromatic carbocycles. The van der Waals surface area contributed by atoms with Crippen molar-refractivity contribution in [3.8, 4) is 0 Å². The first-order valence-electron chi connectivity index (χ1n) is 7.80. The zero-order chi connectivity index (χ0) is 15.9. The molecule has 0 saturated carbocycles. The van der Waals surface area contributed by atoms with Crippen molar-refractivity contribution in [2.24, 2.45) is 13.0 Å². The molecule has 0 N–H and O–H groups in total. The number of sulfonamides is 1. The maximum absolute atomic E-state index is 12.9. The van der Waals surface area contributed by atoms with E-state index in [4.69, 9.17) is 4.74 Å². The first-order chi connectivity index (χ1) is 10.5. The molecule has 2 fully saturated rings. The average Bonchev–Trinajstić information content (AvgIpc) is 3.17. The normalized spacial score (nSPS) is 29.4. The molecule has 0 amide bonds. The van der Waals surface area contributed by atoms with Crippen molar-refractivity contribution < 1.29 is 13.2 Å². The highest BCUT2D eigenvalue weighted by Crippen LogP contribution is 2.36. The lowest BCUT2D eigenvalue weighted by Gasteiger charge is -2.29. The van der Waals surface area contributed by atoms with Gasteiger partial charge in [0, 0.05) is 31.7 Å². The zero-order valence-corrected chi connectivity index (χ0v) is 14.2. The maximum Gasteiger partial charge on any atom is 0.262 e. The highest BCUT2D eigenvalue weighted by Gasteiger charge is 2.51. The van der Waals surface area contributed by atoms with Gasteiger partial charge in [-0.25, -0.2) is 13.4 Å². The molecule has 0 bridgehead atoms. The largest absolute Gasteiger partial charge is 0.379 e. The van der Waals surface area contributed by atoms with Crippen LogP contribution in [0.2, 0.25) is 0 Å². The van der Waals surface area contributed by atoms with Gasteiger partial charge >= 0.3 is 0 Å². The Balaban J connectivity index is 1.91. The molecule has 2 saturated heterocycles. The molecule has 1 aromatic heterocycles. The molecule has 2 aliphatic heterocycles. The number of hydrogen-bond acceptors (Lipinski definition) is 5. The molecule has 3 heterocycles. The third-order valence-corrected chi connectivity index (χ3v) is 6.64. The van der Waals surface area contributed by atoms with E-state index in [1.807, 2.05) is 0 Å². The van der Waals surface area contributed by atoms with Gasteiger partial charge in [-0.3, -0.25) is 4.90 Å². The van der Waals surface area contributed by atoms with Gasteiger partial charge in [-0.15, -0.1) is 0 Å². The number of rotatable bonds is 5. The minimum absolute atomic E-state index is 0.0717. The SMILES string of the molecule is CCN(CC)[C@@H]1CN(S(=O)(=O)c2cn(C)cn2)[C@H]2COC[C@@H]12. The highest BCUT2D eigenvalue weighted by molar-refractivity contribution is 7.89. The van der Waals surface area contributed by atoms with Crippen molar-refractivity contribution in [2.45, 2.75) is 31.0 Å². The molecule has 1 aromatic rings. The molecule has 0 spiro atoms. The summed E-state index contributed by atoms with van der Waals surface area (Å²) in [7, 11) is -1.79. The average molecular weight is 328 g/mol. The Hall–Kier alpha value is -0.960. The molecule has 8 heteroatoms. The smallest absolute Gasteiger partial charge is 0.262 e. The minimum Gasteiger partial charge on any atom is -0.379 e. The van der Waals surface area contributed by atoms with Gasteiger partial charge in [-0.2, -0.15) is 4.31 Å². The Morgan fingerprint density at radius 2 is 2.09 bits per heavy atom. The number of aromatic nitrogens is 2. The monoisotopic (exact) mass is 328 g/mol. The summed E-state index contributed by atoms with van der Waals surface area (Å²) in [5, 5.41) is 0.126. The lowest BCUT2D eigenvalue weighted by molar-refractivity contribution is 0.127. The van der Waals surface area contributed by atoms with Crippen LogP contribution in [0.3, 0.4) is 0 Å². The topological polar surface area (TPSA) is 67.7 Å². The summed E-state index contributed by atoms with van der Waals surface area (Å²) in [6.45, 7) is 7.71. The van der Waals surface area contributed by atoms with Crippen LogP contribution in [0.5, 0.6) is 0 Å². The number of likely N-dealkylation sites (N-methyl/N-ethyl adjacent to an activating group) is 1. The number of nitrogens with zero attached hydrogens (tertiary/aromatic N) is 4. The van der Waals surface area contributed by atoms with Gasteiger partial charge in [-0.05, 0) is 13.1 Å². The second-order valence-corrected chi connectivity index (χ2v) is 7.85. The predicted molar refractivity (Wildman–Crippen MR) is 81.9 cm³/mol. The summed E-state index contributed by atoms with van der Waals surface area (Å²) in [6.07, 6.45) is 3.08. The van der Waals surface area contributed by atoms with Crippen molar-refractivity contribution >= 4 is 10.0 Å². The molecule has 7 nitrogen and oxygen atoms in total. The summed E-state index contributed by atoms with van der Waals surface area (Å²) >= 11 is 0. The Morgan fingerprint density at radius 1 is 1.36 bits per heavy atom. The van der Waals surface area contributed by atoms with E-state index in [2.05, 4.69) is 23.7 Å². The summed E-state index contributed by atoms with van der Waals surface area (Å²) in [6, 6.07) is 0.151. The number of hydrogen-bond donors (Lipinski definition) is 0. The van der Waals surface area contributed by atoms with E-state index in [0.717, 1.165) is 13.1 Å². The van der Waals surface area contributed by atoms with Gasteiger partial charge in [0.2, 0.25) is 0 Å². The van der Waals surface area contributed by atoms with E-state index in [1.165, 1.54) is 6.33 Å². The number of ether oxygens (including phenoxy) is 1. The van der Waals surface area contributed by atoms with E-state index in [0.29, 0.717) is 19.8 Å². The fraction of sp³-hybridized carbons (Fsp3) is 0.786. The van der Waals surface area contributed by atoms with Crippen molar-refractivity contribution in [1.82, 2.24) is 18.8 Å². The van der Waals surface area contributed by atoms with E-state index in [1.54, 1.807) is 22.1 Å². The van der Waals surface area contributed by atoms with Gasteiger partial charge in [0.15, 0.2) is 5.03 Å². The Kier molecular flexibility index (Phi) is 4.28. The molecule has 22 heavy (non-hydrogen) atoms. The Morgan fingerprint density at radius 3 is 2.68 bits per heavy atom. The van der Waals surface area contributed by atoms with Crippen LogP contribution in [0.15, 0.2) is 17.6 Å².